The molecule has 0 aliphatic carbocycles. The first-order chi connectivity index (χ1) is 14.6. The first-order valence-electron chi connectivity index (χ1n) is 10.1. The number of hydrogen-bond donors (Lipinski definition) is 3. The zero-order valence-electron chi connectivity index (χ0n) is 16.3. The van der Waals surface area contributed by atoms with Crippen molar-refractivity contribution in [3.8, 4) is 0 Å². The standard InChI is InChI=1S/C22H22N4O3S/c27-19(20(28)22-25-14-6-3-4-7-17(14)30-22)21(29)23-13-9-10-16-15(12-13)24-18-8-2-1-5-11-26(16)18/h3-4,6-7,9-10,12,19-20,27-28H,1-2,5,8,11H2,(H,23,29). The summed E-state index contributed by atoms with van der Waals surface area (Å²) < 4.78 is 3.14. The van der Waals surface area contributed by atoms with E-state index in [-0.39, 0.29) is 0 Å². The fourth-order valence-electron chi connectivity index (χ4n) is 3.94. The molecule has 2 atom stereocenters. The van der Waals surface area contributed by atoms with Gasteiger partial charge in [-0.05, 0) is 43.2 Å². The molecule has 0 spiro atoms. The summed E-state index contributed by atoms with van der Waals surface area (Å²) in [5.41, 5.74) is 3.15. The molecular weight excluding hydrogens is 400 g/mol. The zero-order valence-corrected chi connectivity index (χ0v) is 17.1. The summed E-state index contributed by atoms with van der Waals surface area (Å²) in [6.45, 7) is 0.963. The minimum absolute atomic E-state index is 0.312. The van der Waals surface area contributed by atoms with Crippen LogP contribution in [-0.4, -0.2) is 36.8 Å². The number of nitrogens with zero attached hydrogens (tertiary/aromatic N) is 3. The summed E-state index contributed by atoms with van der Waals surface area (Å²) in [4.78, 5) is 21.6. The first-order valence-corrected chi connectivity index (χ1v) is 10.9. The lowest BCUT2D eigenvalue weighted by Gasteiger charge is -2.15. The van der Waals surface area contributed by atoms with Crippen LogP contribution >= 0.6 is 11.3 Å². The molecule has 7 nitrogen and oxygen atoms in total. The van der Waals surface area contributed by atoms with Crippen LogP contribution in [0.1, 0.15) is 36.2 Å². The highest BCUT2D eigenvalue weighted by molar-refractivity contribution is 7.18. The summed E-state index contributed by atoms with van der Waals surface area (Å²) in [6, 6.07) is 13.0. The van der Waals surface area contributed by atoms with Crippen LogP contribution in [0.2, 0.25) is 0 Å². The molecule has 8 heteroatoms. The van der Waals surface area contributed by atoms with Crippen LogP contribution in [0.4, 0.5) is 5.69 Å². The van der Waals surface area contributed by atoms with Crippen molar-refractivity contribution in [3.05, 3.63) is 53.3 Å². The Morgan fingerprint density at radius 3 is 2.80 bits per heavy atom. The third-order valence-corrected chi connectivity index (χ3v) is 6.62. The number of benzene rings is 2. The van der Waals surface area contributed by atoms with Gasteiger partial charge < -0.3 is 20.1 Å². The molecule has 0 saturated carbocycles. The average Bonchev–Trinajstić information content (AvgIpc) is 3.26. The molecule has 0 bridgehead atoms. The van der Waals surface area contributed by atoms with Crippen LogP contribution in [-0.2, 0) is 17.8 Å². The van der Waals surface area contributed by atoms with Gasteiger partial charge >= 0.3 is 0 Å². The molecule has 5 rings (SSSR count). The quantitative estimate of drug-likeness (QED) is 0.468. The number of fused-ring (bicyclic) bond motifs is 4. The number of aryl methyl sites for hydroxylation is 2. The van der Waals surface area contributed by atoms with E-state index in [2.05, 4.69) is 14.9 Å². The molecule has 154 valence electrons. The number of aliphatic hydroxyl groups excluding tert-OH is 2. The number of amides is 1. The van der Waals surface area contributed by atoms with Crippen LogP contribution in [0.5, 0.6) is 0 Å². The number of aromatic nitrogens is 3. The summed E-state index contributed by atoms with van der Waals surface area (Å²) in [5, 5.41) is 23.9. The third-order valence-electron chi connectivity index (χ3n) is 5.51. The number of thiazole rings is 1. The van der Waals surface area contributed by atoms with Crippen molar-refractivity contribution >= 4 is 44.2 Å². The van der Waals surface area contributed by atoms with Crippen molar-refractivity contribution in [1.82, 2.24) is 14.5 Å². The highest BCUT2D eigenvalue weighted by atomic mass is 32.1. The molecule has 3 heterocycles. The van der Waals surface area contributed by atoms with E-state index in [1.165, 1.54) is 17.8 Å². The van der Waals surface area contributed by atoms with E-state index in [1.807, 2.05) is 36.4 Å². The molecule has 1 amide bonds. The van der Waals surface area contributed by atoms with E-state index >= 15 is 0 Å². The van der Waals surface area contributed by atoms with Crippen molar-refractivity contribution in [2.75, 3.05) is 5.32 Å². The Hall–Kier alpha value is -2.81. The van der Waals surface area contributed by atoms with Crippen molar-refractivity contribution in [3.63, 3.8) is 0 Å². The lowest BCUT2D eigenvalue weighted by atomic mass is 10.2. The third kappa shape index (κ3) is 3.47. The zero-order chi connectivity index (χ0) is 20.7. The second kappa shape index (κ2) is 7.79. The van der Waals surface area contributed by atoms with Crippen LogP contribution in [0.3, 0.4) is 0 Å². The molecule has 3 N–H and O–H groups in total. The van der Waals surface area contributed by atoms with E-state index in [9.17, 15) is 15.0 Å². The number of hydrogen-bond acceptors (Lipinski definition) is 6. The van der Waals surface area contributed by atoms with E-state index in [4.69, 9.17) is 4.98 Å². The molecule has 0 saturated heterocycles. The number of carbonyl (C=O) groups is 1. The molecule has 30 heavy (non-hydrogen) atoms. The molecule has 2 unspecified atom stereocenters. The molecule has 4 aromatic rings. The molecule has 2 aromatic carbocycles. The fourth-order valence-corrected chi connectivity index (χ4v) is 4.92. The summed E-state index contributed by atoms with van der Waals surface area (Å²) in [5.74, 6) is 0.402. The van der Waals surface area contributed by atoms with Gasteiger partial charge in [0, 0.05) is 18.7 Å². The molecule has 2 aromatic heterocycles. The first kappa shape index (κ1) is 19.2. The van der Waals surface area contributed by atoms with Crippen molar-refractivity contribution in [1.29, 1.82) is 0 Å². The van der Waals surface area contributed by atoms with Gasteiger partial charge in [-0.2, -0.15) is 0 Å². The maximum Gasteiger partial charge on any atom is 0.256 e. The highest BCUT2D eigenvalue weighted by Gasteiger charge is 2.28. The topological polar surface area (TPSA) is 100 Å². The van der Waals surface area contributed by atoms with Gasteiger partial charge in [-0.3, -0.25) is 4.79 Å². The SMILES string of the molecule is O=C(Nc1ccc2c(c1)nc1n2CCCCC1)C(O)C(O)c1nc2ccccc2s1. The fraction of sp³-hybridized carbons (Fsp3) is 0.318. The second-order valence-corrected chi connectivity index (χ2v) is 8.65. The van der Waals surface area contributed by atoms with Crippen LogP contribution in [0, 0.1) is 0 Å². The Balaban J connectivity index is 1.34. The van der Waals surface area contributed by atoms with Crippen LogP contribution in [0.15, 0.2) is 42.5 Å². The Kier molecular flexibility index (Phi) is 4.98. The number of nitrogens with one attached hydrogen (secondary N) is 1. The van der Waals surface area contributed by atoms with E-state index in [1.54, 1.807) is 6.07 Å². The summed E-state index contributed by atoms with van der Waals surface area (Å²) in [6.07, 6.45) is 1.45. The Bertz CT molecular complexity index is 1200. The summed E-state index contributed by atoms with van der Waals surface area (Å²) >= 11 is 1.26. The predicted molar refractivity (Wildman–Crippen MR) is 117 cm³/mol. The Labute approximate surface area is 177 Å². The molecular formula is C22H22N4O3S. The van der Waals surface area contributed by atoms with Gasteiger partial charge in [-0.1, -0.05) is 18.6 Å². The average molecular weight is 423 g/mol. The normalized spacial score (nSPS) is 16.2. The Morgan fingerprint density at radius 1 is 1.07 bits per heavy atom. The number of para-hydroxylation sites is 1. The van der Waals surface area contributed by atoms with Crippen molar-refractivity contribution < 1.29 is 15.0 Å². The van der Waals surface area contributed by atoms with Crippen LogP contribution in [0.25, 0.3) is 21.3 Å². The van der Waals surface area contributed by atoms with Gasteiger partial charge in [-0.25, -0.2) is 9.97 Å². The maximum absolute atomic E-state index is 12.5. The number of rotatable bonds is 4. The second-order valence-electron chi connectivity index (χ2n) is 7.59. The minimum atomic E-state index is -1.63. The summed E-state index contributed by atoms with van der Waals surface area (Å²) in [7, 11) is 0. The molecule has 0 fully saturated rings. The monoisotopic (exact) mass is 422 g/mol. The lowest BCUT2D eigenvalue weighted by Crippen LogP contribution is -2.33. The van der Waals surface area contributed by atoms with Gasteiger partial charge in [0.2, 0.25) is 0 Å². The molecule has 1 aliphatic rings. The maximum atomic E-state index is 12.5. The highest BCUT2D eigenvalue weighted by Crippen LogP contribution is 2.29. The predicted octanol–water partition coefficient (Wildman–Crippen LogP) is 3.41. The van der Waals surface area contributed by atoms with Gasteiger partial charge in [0.1, 0.15) is 16.9 Å². The van der Waals surface area contributed by atoms with E-state index in [0.29, 0.717) is 10.7 Å². The van der Waals surface area contributed by atoms with Gasteiger partial charge in [0.05, 0.1) is 21.3 Å². The number of imidazole rings is 1. The van der Waals surface area contributed by atoms with Gasteiger partial charge in [0.15, 0.2) is 6.10 Å². The van der Waals surface area contributed by atoms with E-state index < -0.39 is 18.1 Å². The smallest absolute Gasteiger partial charge is 0.256 e. The lowest BCUT2D eigenvalue weighted by molar-refractivity contribution is -0.129. The number of aliphatic hydroxyl groups is 2. The Morgan fingerprint density at radius 2 is 1.93 bits per heavy atom. The molecule has 1 aliphatic heterocycles. The number of carbonyl (C=O) groups excluding carboxylic acids is 1. The van der Waals surface area contributed by atoms with Gasteiger partial charge in [0.25, 0.3) is 5.91 Å². The largest absolute Gasteiger partial charge is 0.383 e. The molecule has 0 radical (unpaired) electrons. The van der Waals surface area contributed by atoms with E-state index in [0.717, 1.165) is 52.9 Å². The van der Waals surface area contributed by atoms with Crippen molar-refractivity contribution in [2.24, 2.45) is 0 Å². The van der Waals surface area contributed by atoms with Gasteiger partial charge in [-0.15, -0.1) is 11.3 Å². The van der Waals surface area contributed by atoms with Crippen LogP contribution < -0.4 is 5.32 Å². The number of anilines is 1. The van der Waals surface area contributed by atoms with Crippen molar-refractivity contribution in [2.45, 2.75) is 44.4 Å². The minimum Gasteiger partial charge on any atom is -0.383 e.